The standard InChI is InChI=1S/C24H22F3N7/c1-13-14(2)22(32-34-21(13)30-31-23(34)24(25,26)27)33-8-7-20-18(12-33)9-17(11-29-20)16-5-6-19(28-10-16)15-3-4-15/h5-6,9-11,15H,3-4,7-8,12H2,1-2H3. The van der Waals surface area contributed by atoms with Crippen LogP contribution >= 0.6 is 0 Å². The number of halogens is 3. The average Bonchev–Trinajstić information content (AvgIpc) is 3.58. The van der Waals surface area contributed by atoms with E-state index in [1.54, 1.807) is 6.92 Å². The third-order valence-corrected chi connectivity index (χ3v) is 6.78. The largest absolute Gasteiger partial charge is 0.453 e. The lowest BCUT2D eigenvalue weighted by Crippen LogP contribution is -2.33. The van der Waals surface area contributed by atoms with Crippen molar-refractivity contribution in [1.29, 1.82) is 0 Å². The molecule has 0 unspecified atom stereocenters. The number of nitrogens with zero attached hydrogens (tertiary/aromatic N) is 7. The first kappa shape index (κ1) is 21.0. The van der Waals surface area contributed by atoms with Gasteiger partial charge in [-0.3, -0.25) is 9.97 Å². The molecule has 7 nitrogen and oxygen atoms in total. The molecular weight excluding hydrogens is 443 g/mol. The van der Waals surface area contributed by atoms with Crippen LogP contribution in [0.3, 0.4) is 0 Å². The smallest absolute Gasteiger partial charge is 0.350 e. The average molecular weight is 465 g/mol. The molecule has 2 aliphatic rings. The van der Waals surface area contributed by atoms with Crippen molar-refractivity contribution >= 4 is 11.5 Å². The summed E-state index contributed by atoms with van der Waals surface area (Å²) in [6.45, 7) is 4.72. The Morgan fingerprint density at radius 1 is 0.971 bits per heavy atom. The van der Waals surface area contributed by atoms with Crippen molar-refractivity contribution < 1.29 is 13.2 Å². The van der Waals surface area contributed by atoms with E-state index in [1.807, 2.05) is 24.2 Å². The van der Waals surface area contributed by atoms with E-state index in [0.717, 1.165) is 38.2 Å². The predicted molar refractivity (Wildman–Crippen MR) is 119 cm³/mol. The number of fused-ring (bicyclic) bond motifs is 2. The van der Waals surface area contributed by atoms with E-state index in [9.17, 15) is 13.2 Å². The Balaban J connectivity index is 1.35. The first-order chi connectivity index (χ1) is 16.3. The number of pyridine rings is 2. The van der Waals surface area contributed by atoms with Gasteiger partial charge < -0.3 is 4.90 Å². The van der Waals surface area contributed by atoms with Crippen molar-refractivity contribution in [3.63, 3.8) is 0 Å². The molecule has 10 heteroatoms. The van der Waals surface area contributed by atoms with Crippen LogP contribution in [0, 0.1) is 13.8 Å². The molecule has 0 radical (unpaired) electrons. The number of anilines is 1. The number of alkyl halides is 3. The lowest BCUT2D eigenvalue weighted by molar-refractivity contribution is -0.146. The van der Waals surface area contributed by atoms with Crippen molar-refractivity contribution in [3.05, 3.63) is 64.5 Å². The zero-order valence-corrected chi connectivity index (χ0v) is 18.8. The molecule has 4 aromatic rings. The molecule has 0 N–H and O–H groups in total. The van der Waals surface area contributed by atoms with Crippen LogP contribution in [0.25, 0.3) is 16.8 Å². The van der Waals surface area contributed by atoms with Crippen molar-refractivity contribution in [1.82, 2.24) is 29.8 Å². The van der Waals surface area contributed by atoms with E-state index in [-0.39, 0.29) is 5.65 Å². The monoisotopic (exact) mass is 465 g/mol. The Hall–Kier alpha value is -3.56. The van der Waals surface area contributed by atoms with Gasteiger partial charge in [0, 0.05) is 71.5 Å². The number of hydrogen-bond donors (Lipinski definition) is 0. The Morgan fingerprint density at radius 2 is 1.76 bits per heavy atom. The molecule has 1 saturated carbocycles. The van der Waals surface area contributed by atoms with Gasteiger partial charge in [0.05, 0.1) is 0 Å². The van der Waals surface area contributed by atoms with Gasteiger partial charge in [-0.1, -0.05) is 6.07 Å². The van der Waals surface area contributed by atoms with E-state index in [1.165, 1.54) is 12.8 Å². The Bertz CT molecular complexity index is 1410. The summed E-state index contributed by atoms with van der Waals surface area (Å²) < 4.78 is 41.1. The topological polar surface area (TPSA) is 72.1 Å². The second-order valence-electron chi connectivity index (χ2n) is 9.08. The normalized spacial score (nSPS) is 16.2. The van der Waals surface area contributed by atoms with Gasteiger partial charge in [0.1, 0.15) is 0 Å². The number of rotatable bonds is 3. The van der Waals surface area contributed by atoms with Gasteiger partial charge in [0.2, 0.25) is 0 Å². The molecule has 1 aliphatic heterocycles. The van der Waals surface area contributed by atoms with E-state index in [4.69, 9.17) is 0 Å². The van der Waals surface area contributed by atoms with Crippen LogP contribution in [-0.4, -0.2) is 36.3 Å². The van der Waals surface area contributed by atoms with E-state index in [2.05, 4.69) is 43.5 Å². The van der Waals surface area contributed by atoms with Crippen molar-refractivity contribution in [3.8, 4) is 11.1 Å². The molecule has 0 saturated heterocycles. The highest BCUT2D eigenvalue weighted by atomic mass is 19.4. The van der Waals surface area contributed by atoms with Gasteiger partial charge in [-0.05, 0) is 44.4 Å². The van der Waals surface area contributed by atoms with Gasteiger partial charge in [-0.15, -0.1) is 15.3 Å². The molecule has 0 spiro atoms. The van der Waals surface area contributed by atoms with Crippen LogP contribution in [-0.2, 0) is 19.1 Å². The summed E-state index contributed by atoms with van der Waals surface area (Å²) in [5.74, 6) is -0.0125. The number of aryl methyl sites for hydroxylation is 1. The van der Waals surface area contributed by atoms with Crippen molar-refractivity contribution in [2.45, 2.75) is 51.7 Å². The minimum Gasteiger partial charge on any atom is -0.350 e. The number of aromatic nitrogens is 6. The minimum atomic E-state index is -4.64. The molecule has 0 amide bonds. The Kier molecular flexibility index (Phi) is 4.62. The highest BCUT2D eigenvalue weighted by Gasteiger charge is 2.38. The first-order valence-corrected chi connectivity index (χ1v) is 11.3. The fourth-order valence-electron chi connectivity index (χ4n) is 4.55. The van der Waals surface area contributed by atoms with Crippen molar-refractivity contribution in [2.75, 3.05) is 11.4 Å². The van der Waals surface area contributed by atoms with E-state index >= 15 is 0 Å². The Morgan fingerprint density at radius 3 is 2.47 bits per heavy atom. The summed E-state index contributed by atoms with van der Waals surface area (Å²) in [6, 6.07) is 6.27. The van der Waals surface area contributed by atoms with E-state index < -0.39 is 12.0 Å². The Labute approximate surface area is 193 Å². The second-order valence-corrected chi connectivity index (χ2v) is 9.08. The molecular formula is C24H22F3N7. The summed E-state index contributed by atoms with van der Waals surface area (Å²) in [4.78, 5) is 11.3. The molecule has 4 aromatic heterocycles. The third kappa shape index (κ3) is 3.48. The van der Waals surface area contributed by atoms with Crippen LogP contribution in [0.5, 0.6) is 0 Å². The number of hydrogen-bond acceptors (Lipinski definition) is 6. The zero-order chi connectivity index (χ0) is 23.6. The lowest BCUT2D eigenvalue weighted by Gasteiger charge is -2.31. The van der Waals surface area contributed by atoms with Gasteiger partial charge in [-0.2, -0.15) is 17.7 Å². The molecule has 34 heavy (non-hydrogen) atoms. The molecule has 5 heterocycles. The second kappa shape index (κ2) is 7.48. The maximum atomic E-state index is 13.4. The quantitative estimate of drug-likeness (QED) is 0.438. The SMILES string of the molecule is Cc1c(N2CCc3ncc(-c4ccc(C5CC5)nc4)cc3C2)nn2c(C(F)(F)F)nnc2c1C. The van der Waals surface area contributed by atoms with Gasteiger partial charge >= 0.3 is 6.18 Å². The van der Waals surface area contributed by atoms with Crippen LogP contribution in [0.15, 0.2) is 30.6 Å². The first-order valence-electron chi connectivity index (χ1n) is 11.3. The summed E-state index contributed by atoms with van der Waals surface area (Å²) in [5.41, 5.74) is 6.70. The zero-order valence-electron chi connectivity index (χ0n) is 18.8. The third-order valence-electron chi connectivity index (χ3n) is 6.78. The van der Waals surface area contributed by atoms with Gasteiger partial charge in [0.25, 0.3) is 5.82 Å². The molecule has 0 aromatic carbocycles. The van der Waals surface area contributed by atoms with E-state index in [0.29, 0.717) is 36.8 Å². The fourth-order valence-corrected chi connectivity index (χ4v) is 4.55. The molecule has 1 aliphatic carbocycles. The summed E-state index contributed by atoms with van der Waals surface area (Å²) in [5, 5.41) is 11.4. The summed E-state index contributed by atoms with van der Waals surface area (Å²) in [7, 11) is 0. The summed E-state index contributed by atoms with van der Waals surface area (Å²) >= 11 is 0. The molecule has 174 valence electrons. The van der Waals surface area contributed by atoms with Crippen LogP contribution in [0.2, 0.25) is 0 Å². The molecule has 1 fully saturated rings. The van der Waals surface area contributed by atoms with Crippen LogP contribution in [0.1, 0.15) is 52.7 Å². The fraction of sp³-hybridized carbons (Fsp3) is 0.375. The lowest BCUT2D eigenvalue weighted by atomic mass is 10.00. The molecule has 0 bridgehead atoms. The molecule has 6 rings (SSSR count). The van der Waals surface area contributed by atoms with Gasteiger partial charge in [-0.25, -0.2) is 0 Å². The highest BCUT2D eigenvalue weighted by molar-refractivity contribution is 5.64. The minimum absolute atomic E-state index is 0.122. The summed E-state index contributed by atoms with van der Waals surface area (Å²) in [6.07, 6.45) is 2.23. The maximum Gasteiger partial charge on any atom is 0.453 e. The van der Waals surface area contributed by atoms with Crippen molar-refractivity contribution in [2.24, 2.45) is 0 Å². The predicted octanol–water partition coefficient (Wildman–Crippen LogP) is 4.66. The van der Waals surface area contributed by atoms with Gasteiger partial charge in [0.15, 0.2) is 11.5 Å². The molecule has 0 atom stereocenters. The van der Waals surface area contributed by atoms with Crippen LogP contribution < -0.4 is 4.90 Å². The van der Waals surface area contributed by atoms with Crippen LogP contribution in [0.4, 0.5) is 19.0 Å². The highest BCUT2D eigenvalue weighted by Crippen LogP contribution is 2.39. The maximum absolute atomic E-state index is 13.4.